The van der Waals surface area contributed by atoms with Crippen LogP contribution in [0.15, 0.2) is 35.9 Å². The van der Waals surface area contributed by atoms with Crippen molar-refractivity contribution in [1.82, 2.24) is 0 Å². The molecule has 7 nitrogen and oxygen atoms in total. The van der Waals surface area contributed by atoms with Gasteiger partial charge in [-0.15, -0.1) is 0 Å². The summed E-state index contributed by atoms with van der Waals surface area (Å²) in [5, 5.41) is 11.4. The molecule has 0 radical (unpaired) electrons. The van der Waals surface area contributed by atoms with Crippen molar-refractivity contribution in [2.45, 2.75) is 119 Å². The number of ether oxygens (including phenoxy) is 5. The summed E-state index contributed by atoms with van der Waals surface area (Å²) in [6.07, 6.45) is 4.05. The van der Waals surface area contributed by atoms with Crippen molar-refractivity contribution in [2.24, 2.45) is 0 Å². The molecule has 0 aromatic heterocycles. The minimum atomic E-state index is -2.18. The molecule has 0 unspecified atom stereocenters. The molecule has 220 valence electrons. The first-order chi connectivity index (χ1) is 19.9. The van der Waals surface area contributed by atoms with E-state index in [0.717, 1.165) is 60.7 Å². The van der Waals surface area contributed by atoms with E-state index in [0.29, 0.717) is 19.6 Å². The monoisotopic (exact) mass is 578 g/mol. The molecule has 1 aromatic rings. The lowest BCUT2D eigenvalue weighted by atomic mass is 9.89. The molecule has 5 aliphatic rings. The summed E-state index contributed by atoms with van der Waals surface area (Å²) in [5.74, 6) is 13.9. The fraction of sp³-hybridized carbons (Fsp3) is 0.636. The van der Waals surface area contributed by atoms with Crippen molar-refractivity contribution < 1.29 is 33.2 Å². The van der Waals surface area contributed by atoms with Crippen LogP contribution in [0.2, 0.25) is 18.1 Å². The average Bonchev–Trinajstić information content (AvgIpc) is 3.29. The summed E-state index contributed by atoms with van der Waals surface area (Å²) in [6, 6.07) is 10.7. The SMILES string of the molecule is CC[Si](CC)(CC)O[C@]12CC#C[C@H]3O[C@@]3([C@H]3COC4(CCCC4)O3)C#CC1=C[C@@H](O)[C@@H]2OCc1ccc(OC)cc1. The number of fused-ring (bicyclic) bond motifs is 2. The molecule has 41 heavy (non-hydrogen) atoms. The lowest BCUT2D eigenvalue weighted by Crippen LogP contribution is -2.55. The first kappa shape index (κ1) is 29.0. The molecule has 2 heterocycles. The summed E-state index contributed by atoms with van der Waals surface area (Å²) >= 11 is 0. The number of rotatable bonds is 10. The summed E-state index contributed by atoms with van der Waals surface area (Å²) < 4.78 is 38.0. The highest BCUT2D eigenvalue weighted by atomic mass is 28.4. The van der Waals surface area contributed by atoms with Gasteiger partial charge in [0.05, 0.1) is 20.3 Å². The molecule has 6 atom stereocenters. The maximum Gasteiger partial charge on any atom is 0.196 e. The van der Waals surface area contributed by atoms with E-state index in [1.165, 1.54) is 0 Å². The van der Waals surface area contributed by atoms with Gasteiger partial charge < -0.3 is 33.2 Å². The number of hydrogen-bond donors (Lipinski definition) is 1. The Labute approximate surface area is 245 Å². The Bertz CT molecular complexity index is 1270. The molecule has 1 aromatic carbocycles. The highest BCUT2D eigenvalue weighted by molar-refractivity contribution is 6.73. The second kappa shape index (κ2) is 11.2. The van der Waals surface area contributed by atoms with E-state index >= 15 is 0 Å². The van der Waals surface area contributed by atoms with E-state index in [1.807, 2.05) is 30.3 Å². The van der Waals surface area contributed by atoms with Crippen LogP contribution in [0.25, 0.3) is 0 Å². The van der Waals surface area contributed by atoms with Gasteiger partial charge in [-0.1, -0.05) is 56.6 Å². The fourth-order valence-corrected chi connectivity index (χ4v) is 9.92. The second-order valence-electron chi connectivity index (χ2n) is 12.0. The zero-order valence-corrected chi connectivity index (χ0v) is 25.7. The van der Waals surface area contributed by atoms with E-state index in [1.54, 1.807) is 7.11 Å². The number of aliphatic hydroxyl groups is 1. The van der Waals surface area contributed by atoms with Crippen LogP contribution < -0.4 is 4.74 Å². The minimum absolute atomic E-state index is 0.301. The lowest BCUT2D eigenvalue weighted by molar-refractivity contribution is -0.166. The van der Waals surface area contributed by atoms with Gasteiger partial charge in [-0.3, -0.25) is 0 Å². The van der Waals surface area contributed by atoms with Gasteiger partial charge >= 0.3 is 0 Å². The van der Waals surface area contributed by atoms with Crippen molar-refractivity contribution in [3.63, 3.8) is 0 Å². The van der Waals surface area contributed by atoms with Crippen LogP contribution in [0.1, 0.15) is 58.4 Å². The predicted molar refractivity (Wildman–Crippen MR) is 156 cm³/mol. The maximum absolute atomic E-state index is 11.4. The number of benzene rings is 1. The molecule has 1 spiro atoms. The third-order valence-corrected chi connectivity index (χ3v) is 14.5. The smallest absolute Gasteiger partial charge is 0.196 e. The molecule has 0 bridgehead atoms. The molecule has 0 amide bonds. The van der Waals surface area contributed by atoms with E-state index in [-0.39, 0.29) is 12.2 Å². The standard InChI is InChI=1S/C33H42O7Si/c1-5-41(6-2,7-3)40-32-19-10-11-28-33(39-28,29-23-37-31(38-29)17-8-9-18-31)20-16-25(32)21-27(34)30(32)36-22-24-12-14-26(35-4)15-13-24/h12-15,21,27-30,34H,5-9,17-19,22-23H2,1-4H3/t27-,28-,29-,30+,32-,33+/m1/s1. The number of epoxide rings is 1. The van der Waals surface area contributed by atoms with Gasteiger partial charge in [-0.05, 0) is 54.7 Å². The van der Waals surface area contributed by atoms with Crippen molar-refractivity contribution in [2.75, 3.05) is 13.7 Å². The molecular weight excluding hydrogens is 536 g/mol. The molecule has 2 saturated heterocycles. The Kier molecular flexibility index (Phi) is 7.89. The second-order valence-corrected chi connectivity index (χ2v) is 16.7. The van der Waals surface area contributed by atoms with Crippen LogP contribution >= 0.6 is 0 Å². The largest absolute Gasteiger partial charge is 0.497 e. The van der Waals surface area contributed by atoms with Gasteiger partial charge in [0, 0.05) is 24.8 Å². The Morgan fingerprint density at radius 2 is 1.78 bits per heavy atom. The van der Waals surface area contributed by atoms with Crippen LogP contribution in [-0.4, -0.2) is 68.5 Å². The maximum atomic E-state index is 11.4. The molecule has 1 saturated carbocycles. The Morgan fingerprint density at radius 3 is 2.46 bits per heavy atom. The Morgan fingerprint density at radius 1 is 1.05 bits per heavy atom. The number of aliphatic hydroxyl groups excluding tert-OH is 1. The van der Waals surface area contributed by atoms with Crippen molar-refractivity contribution >= 4 is 8.32 Å². The van der Waals surface area contributed by atoms with E-state index in [4.69, 9.17) is 28.1 Å². The van der Waals surface area contributed by atoms with Crippen LogP contribution in [0, 0.1) is 23.7 Å². The van der Waals surface area contributed by atoms with Crippen molar-refractivity contribution in [1.29, 1.82) is 0 Å². The summed E-state index contributed by atoms with van der Waals surface area (Å²) in [6.45, 7) is 7.39. The molecule has 8 heteroatoms. The zero-order chi connectivity index (χ0) is 28.7. The van der Waals surface area contributed by atoms with Gasteiger partial charge in [-0.2, -0.15) is 0 Å². The Balaban J connectivity index is 1.33. The predicted octanol–water partition coefficient (Wildman–Crippen LogP) is 4.88. The van der Waals surface area contributed by atoms with Crippen LogP contribution in [-0.2, 0) is 30.0 Å². The van der Waals surface area contributed by atoms with Gasteiger partial charge in [0.1, 0.15) is 29.7 Å². The number of hydrogen-bond acceptors (Lipinski definition) is 7. The normalized spacial score (nSPS) is 34.7. The molecule has 3 aliphatic carbocycles. The van der Waals surface area contributed by atoms with Crippen molar-refractivity contribution in [3.05, 3.63) is 41.5 Å². The Hall–Kier alpha value is -2.14. The quantitative estimate of drug-likeness (QED) is 0.241. The summed E-state index contributed by atoms with van der Waals surface area (Å²) in [5.41, 5.74) is -0.0776. The summed E-state index contributed by atoms with van der Waals surface area (Å²) in [7, 11) is -0.529. The fourth-order valence-electron chi connectivity index (χ4n) is 6.91. The molecule has 1 N–H and O–H groups in total. The topological polar surface area (TPSA) is 78.9 Å². The molecule has 2 aliphatic heterocycles. The van der Waals surface area contributed by atoms with Crippen molar-refractivity contribution in [3.8, 4) is 29.4 Å². The highest BCUT2D eigenvalue weighted by Gasteiger charge is 2.66. The van der Waals surface area contributed by atoms with Crippen LogP contribution in [0.4, 0.5) is 0 Å². The van der Waals surface area contributed by atoms with Gasteiger partial charge in [0.15, 0.2) is 25.8 Å². The number of methoxy groups -OCH3 is 1. The van der Waals surface area contributed by atoms with Crippen LogP contribution in [0.5, 0.6) is 5.75 Å². The first-order valence-electron chi connectivity index (χ1n) is 15.2. The first-order valence-corrected chi connectivity index (χ1v) is 17.7. The highest BCUT2D eigenvalue weighted by Crippen LogP contribution is 2.50. The van der Waals surface area contributed by atoms with Crippen LogP contribution in [0.3, 0.4) is 0 Å². The van der Waals surface area contributed by atoms with Gasteiger partial charge in [0.25, 0.3) is 0 Å². The lowest BCUT2D eigenvalue weighted by Gasteiger charge is -2.44. The average molecular weight is 579 g/mol. The summed E-state index contributed by atoms with van der Waals surface area (Å²) in [4.78, 5) is 0. The molecule has 3 fully saturated rings. The van der Waals surface area contributed by atoms with Gasteiger partial charge in [0.2, 0.25) is 0 Å². The van der Waals surface area contributed by atoms with E-state index < -0.39 is 37.5 Å². The van der Waals surface area contributed by atoms with E-state index in [2.05, 4.69) is 44.5 Å². The molecular formula is C33H42O7Si. The third-order valence-electron chi connectivity index (χ3n) is 9.80. The van der Waals surface area contributed by atoms with E-state index in [9.17, 15) is 5.11 Å². The minimum Gasteiger partial charge on any atom is -0.497 e. The zero-order valence-electron chi connectivity index (χ0n) is 24.7. The third kappa shape index (κ3) is 5.08. The molecule has 6 rings (SSSR count). The van der Waals surface area contributed by atoms with Gasteiger partial charge in [-0.25, -0.2) is 0 Å².